The van der Waals surface area contributed by atoms with Crippen molar-refractivity contribution < 1.29 is 14.0 Å². The smallest absolute Gasteiger partial charge is 0.302 e. The van der Waals surface area contributed by atoms with Crippen LogP contribution in [0.4, 0.5) is 11.6 Å². The molecule has 0 bridgehead atoms. The maximum absolute atomic E-state index is 12.4. The lowest BCUT2D eigenvalue weighted by Crippen LogP contribution is -2.28. The third-order valence-electron chi connectivity index (χ3n) is 4.01. The summed E-state index contributed by atoms with van der Waals surface area (Å²) < 4.78 is 6.45. The summed E-state index contributed by atoms with van der Waals surface area (Å²) >= 11 is 1.31. The number of aryl methyl sites for hydroxylation is 3. The van der Waals surface area contributed by atoms with Gasteiger partial charge >= 0.3 is 5.88 Å². The van der Waals surface area contributed by atoms with Gasteiger partial charge in [0.25, 0.3) is 12.1 Å². The normalized spacial score (nSPS) is 14.0. The summed E-state index contributed by atoms with van der Waals surface area (Å²) in [5, 5.41) is 7.20. The molecule has 0 aliphatic heterocycles. The van der Waals surface area contributed by atoms with Gasteiger partial charge in [0.1, 0.15) is 9.71 Å². The van der Waals surface area contributed by atoms with Gasteiger partial charge in [0.15, 0.2) is 12.3 Å². The number of rotatable bonds is 2. The van der Waals surface area contributed by atoms with Gasteiger partial charge in [-0.2, -0.15) is 0 Å². The number of pyridine rings is 1. The summed E-state index contributed by atoms with van der Waals surface area (Å²) in [6.45, 7) is 0. The zero-order valence-electron chi connectivity index (χ0n) is 12.6. The van der Waals surface area contributed by atoms with Crippen LogP contribution in [0.25, 0.3) is 10.2 Å². The second kappa shape index (κ2) is 5.31. The minimum atomic E-state index is -0.305. The predicted molar refractivity (Wildman–Crippen MR) is 86.3 cm³/mol. The molecule has 0 saturated heterocycles. The molecule has 1 aliphatic carbocycles. The van der Waals surface area contributed by atoms with E-state index >= 15 is 0 Å². The van der Waals surface area contributed by atoms with Crippen LogP contribution in [0.3, 0.4) is 0 Å². The quantitative estimate of drug-likeness (QED) is 0.699. The molecule has 3 aromatic rings. The first-order valence-corrected chi connectivity index (χ1v) is 8.28. The topological polar surface area (TPSA) is 97.9 Å². The van der Waals surface area contributed by atoms with Crippen molar-refractivity contribution in [3.05, 3.63) is 28.4 Å². The molecule has 4 rings (SSSR count). The lowest BCUT2D eigenvalue weighted by Gasteiger charge is -2.14. The molecule has 118 valence electrons. The van der Waals surface area contributed by atoms with E-state index in [1.807, 2.05) is 0 Å². The maximum Gasteiger partial charge on any atom is 0.302 e. The van der Waals surface area contributed by atoms with E-state index in [1.165, 1.54) is 34.4 Å². The van der Waals surface area contributed by atoms with Gasteiger partial charge in [-0.05, 0) is 37.3 Å². The fourth-order valence-corrected chi connectivity index (χ4v) is 3.87. The Morgan fingerprint density at radius 3 is 3.04 bits per heavy atom. The number of nitrogen functional groups attached to an aromatic ring is 1. The Morgan fingerprint density at radius 2 is 2.26 bits per heavy atom. The molecule has 8 heteroatoms. The zero-order valence-corrected chi connectivity index (χ0v) is 13.4. The number of nitrogens with two attached hydrogens (primary N) is 1. The van der Waals surface area contributed by atoms with Crippen LogP contribution >= 0.6 is 11.3 Å². The fourth-order valence-electron chi connectivity index (χ4n) is 2.88. The van der Waals surface area contributed by atoms with Gasteiger partial charge in [-0.15, -0.1) is 11.3 Å². The Bertz CT molecular complexity index is 914. The molecule has 0 saturated carbocycles. The zero-order chi connectivity index (χ0) is 16.0. The Balaban J connectivity index is 1.72. The van der Waals surface area contributed by atoms with Crippen molar-refractivity contribution in [1.82, 2.24) is 10.3 Å². The van der Waals surface area contributed by atoms with Gasteiger partial charge in [-0.1, -0.05) is 4.68 Å². The number of carbonyl (C=O) groups excluding carboxylic acids is 1. The molecule has 1 amide bonds. The highest BCUT2D eigenvalue weighted by atomic mass is 32.1. The molecule has 0 spiro atoms. The largest absolute Gasteiger partial charge is 0.397 e. The van der Waals surface area contributed by atoms with E-state index in [-0.39, 0.29) is 11.8 Å². The molecule has 0 aromatic carbocycles. The number of anilines is 2. The Kier molecular flexibility index (Phi) is 3.26. The molecule has 23 heavy (non-hydrogen) atoms. The van der Waals surface area contributed by atoms with Crippen LogP contribution in [0.5, 0.6) is 0 Å². The summed E-state index contributed by atoms with van der Waals surface area (Å²) in [7, 11) is 1.71. The van der Waals surface area contributed by atoms with Crippen molar-refractivity contribution in [3.63, 3.8) is 0 Å². The van der Waals surface area contributed by atoms with Crippen LogP contribution in [0.15, 0.2) is 16.8 Å². The Morgan fingerprint density at radius 1 is 1.43 bits per heavy atom. The number of nitrogens with one attached hydrogen (secondary N) is 1. The van der Waals surface area contributed by atoms with Crippen LogP contribution in [0.1, 0.15) is 33.8 Å². The molecule has 3 heterocycles. The van der Waals surface area contributed by atoms with E-state index in [0.29, 0.717) is 10.6 Å². The average molecular weight is 330 g/mol. The number of carbonyl (C=O) groups is 1. The summed E-state index contributed by atoms with van der Waals surface area (Å²) in [4.78, 5) is 18.4. The van der Waals surface area contributed by atoms with Crippen LogP contribution in [0.2, 0.25) is 0 Å². The third kappa shape index (κ3) is 2.44. The molecular weight excluding hydrogens is 314 g/mol. The lowest BCUT2D eigenvalue weighted by atomic mass is 9.95. The molecule has 3 N–H and O–H groups in total. The van der Waals surface area contributed by atoms with Crippen LogP contribution in [-0.4, -0.2) is 16.2 Å². The Hall–Kier alpha value is -2.48. The molecular formula is C15H16N5O2S+. The van der Waals surface area contributed by atoms with Gasteiger partial charge in [0.05, 0.1) is 5.69 Å². The highest BCUT2D eigenvalue weighted by Crippen LogP contribution is 2.35. The fraction of sp³-hybridized carbons (Fsp3) is 0.333. The van der Waals surface area contributed by atoms with Crippen LogP contribution in [-0.2, 0) is 19.9 Å². The van der Waals surface area contributed by atoms with E-state index in [0.717, 1.165) is 28.8 Å². The van der Waals surface area contributed by atoms with Crippen molar-refractivity contribution in [1.29, 1.82) is 0 Å². The van der Waals surface area contributed by atoms with Crippen LogP contribution < -0.4 is 15.7 Å². The number of amides is 1. The molecule has 0 fully saturated rings. The number of thiophene rings is 1. The van der Waals surface area contributed by atoms with Crippen molar-refractivity contribution in [2.24, 2.45) is 7.05 Å². The average Bonchev–Trinajstić information content (AvgIpc) is 3.09. The van der Waals surface area contributed by atoms with E-state index in [4.69, 9.17) is 15.2 Å². The summed E-state index contributed by atoms with van der Waals surface area (Å²) in [6.07, 6.45) is 5.96. The van der Waals surface area contributed by atoms with Crippen molar-refractivity contribution >= 4 is 39.0 Å². The molecule has 0 atom stereocenters. The van der Waals surface area contributed by atoms with Crippen molar-refractivity contribution in [3.8, 4) is 0 Å². The van der Waals surface area contributed by atoms with E-state index < -0.39 is 0 Å². The second-order valence-corrected chi connectivity index (χ2v) is 6.69. The highest BCUT2D eigenvalue weighted by molar-refractivity contribution is 7.21. The first-order chi connectivity index (χ1) is 11.1. The van der Waals surface area contributed by atoms with Gasteiger partial charge in [-0.3, -0.25) is 14.6 Å². The monoisotopic (exact) mass is 330 g/mol. The minimum Gasteiger partial charge on any atom is -0.397 e. The standard InChI is InChI=1S/C15H15N5O2S/c1-20-7-11(22-19-20)18-14(21)13-12(16)9-6-8-4-2-3-5-10(8)17-15(9)23-13/h6-7H,2-5H2,1H3,(H2-,16,18,19,21)/p+1. The Labute approximate surface area is 136 Å². The predicted octanol–water partition coefficient (Wildman–Crippen LogP) is 1.82. The summed E-state index contributed by atoms with van der Waals surface area (Å²) in [5.41, 5.74) is 9.06. The van der Waals surface area contributed by atoms with Crippen molar-refractivity contribution in [2.75, 3.05) is 11.1 Å². The first-order valence-electron chi connectivity index (χ1n) is 7.46. The number of fused-ring (bicyclic) bond motifs is 2. The molecule has 3 aromatic heterocycles. The molecule has 0 unspecified atom stereocenters. The van der Waals surface area contributed by atoms with Gasteiger partial charge in [0, 0.05) is 11.1 Å². The van der Waals surface area contributed by atoms with Crippen LogP contribution in [0, 0.1) is 0 Å². The number of aromatic nitrogens is 3. The van der Waals surface area contributed by atoms with E-state index in [9.17, 15) is 4.79 Å². The van der Waals surface area contributed by atoms with Gasteiger partial charge in [-0.25, -0.2) is 4.98 Å². The second-order valence-electron chi connectivity index (χ2n) is 5.69. The summed E-state index contributed by atoms with van der Waals surface area (Å²) in [6, 6.07) is 2.09. The third-order valence-corrected chi connectivity index (χ3v) is 5.13. The molecule has 0 radical (unpaired) electrons. The number of hydrogen-bond donors (Lipinski definition) is 2. The van der Waals surface area contributed by atoms with E-state index in [1.54, 1.807) is 13.2 Å². The van der Waals surface area contributed by atoms with E-state index in [2.05, 4.69) is 16.7 Å². The first kappa shape index (κ1) is 14.1. The minimum absolute atomic E-state index is 0.279. The number of hydrogen-bond acceptors (Lipinski definition) is 6. The molecule has 7 nitrogen and oxygen atoms in total. The lowest BCUT2D eigenvalue weighted by molar-refractivity contribution is -0.739. The maximum atomic E-state index is 12.4. The van der Waals surface area contributed by atoms with Crippen molar-refractivity contribution in [2.45, 2.75) is 25.7 Å². The highest BCUT2D eigenvalue weighted by Gasteiger charge is 2.22. The molecule has 1 aliphatic rings. The summed E-state index contributed by atoms with van der Waals surface area (Å²) in [5.74, 6) is -0.0261. The SMILES string of the molecule is C[n+]1cc(NC(=O)c2sc3nc4c(cc3c2N)CCCC4)on1. The van der Waals surface area contributed by atoms with Gasteiger partial charge in [0.2, 0.25) is 0 Å². The van der Waals surface area contributed by atoms with Gasteiger partial charge < -0.3 is 5.73 Å². The number of nitrogens with zero attached hydrogens (tertiary/aromatic N) is 3.